The Kier molecular flexibility index (Phi) is 2.95. The summed E-state index contributed by atoms with van der Waals surface area (Å²) < 4.78 is 1.40. The van der Waals surface area contributed by atoms with Crippen molar-refractivity contribution in [3.63, 3.8) is 0 Å². The van der Waals surface area contributed by atoms with Gasteiger partial charge in [0, 0.05) is 13.1 Å². The van der Waals surface area contributed by atoms with E-state index in [1.54, 1.807) is 13.2 Å². The summed E-state index contributed by atoms with van der Waals surface area (Å²) in [7, 11) is 1.76. The van der Waals surface area contributed by atoms with Gasteiger partial charge in [-0.2, -0.15) is 9.78 Å². The molecule has 0 radical (unpaired) electrons. The van der Waals surface area contributed by atoms with Crippen LogP contribution in [-0.4, -0.2) is 16.8 Å². The molecule has 88 valence electrons. The van der Waals surface area contributed by atoms with E-state index in [1.165, 1.54) is 10.7 Å². The van der Waals surface area contributed by atoms with Crippen molar-refractivity contribution in [2.24, 2.45) is 0 Å². The maximum Gasteiger partial charge on any atom is 0.273 e. The van der Waals surface area contributed by atoms with Gasteiger partial charge in [0.15, 0.2) is 0 Å². The first-order valence-corrected chi connectivity index (χ1v) is 5.46. The Hall–Kier alpha value is -2.10. The molecule has 0 spiro atoms. The highest BCUT2D eigenvalue weighted by atomic mass is 16.1. The van der Waals surface area contributed by atoms with Gasteiger partial charge >= 0.3 is 0 Å². The summed E-state index contributed by atoms with van der Waals surface area (Å²) in [5.41, 5.74) is 3.62. The first-order chi connectivity index (χ1) is 8.10. The topological polar surface area (TPSA) is 46.9 Å². The first-order valence-electron chi connectivity index (χ1n) is 5.46. The molecule has 1 heterocycles. The van der Waals surface area contributed by atoms with Crippen LogP contribution < -0.4 is 10.9 Å². The number of aromatic nitrogens is 2. The molecule has 0 bridgehead atoms. The third-order valence-corrected chi connectivity index (χ3v) is 2.54. The van der Waals surface area contributed by atoms with Crippen LogP contribution >= 0.6 is 0 Å². The minimum absolute atomic E-state index is 0.137. The van der Waals surface area contributed by atoms with E-state index in [9.17, 15) is 4.79 Å². The number of hydrogen-bond acceptors (Lipinski definition) is 3. The Bertz CT molecular complexity index is 582. The summed E-state index contributed by atoms with van der Waals surface area (Å²) >= 11 is 0. The van der Waals surface area contributed by atoms with E-state index in [0.717, 1.165) is 22.5 Å². The maximum atomic E-state index is 11.9. The van der Waals surface area contributed by atoms with Crippen LogP contribution in [0, 0.1) is 13.8 Å². The molecule has 2 rings (SSSR count). The van der Waals surface area contributed by atoms with Crippen molar-refractivity contribution >= 4 is 5.69 Å². The molecule has 0 amide bonds. The van der Waals surface area contributed by atoms with Crippen LogP contribution in [0.15, 0.2) is 35.3 Å². The van der Waals surface area contributed by atoms with Crippen molar-refractivity contribution in [2.75, 3.05) is 12.4 Å². The van der Waals surface area contributed by atoms with Crippen LogP contribution in [-0.2, 0) is 0 Å². The van der Waals surface area contributed by atoms with E-state index < -0.39 is 0 Å². The molecule has 0 aliphatic carbocycles. The predicted molar refractivity (Wildman–Crippen MR) is 68.9 cm³/mol. The molecule has 1 aromatic carbocycles. The van der Waals surface area contributed by atoms with E-state index in [4.69, 9.17) is 0 Å². The first kappa shape index (κ1) is 11.4. The molecular formula is C13H15N3O. The number of nitrogens with zero attached hydrogens (tertiary/aromatic N) is 2. The van der Waals surface area contributed by atoms with E-state index in [-0.39, 0.29) is 5.56 Å². The molecule has 1 N–H and O–H groups in total. The van der Waals surface area contributed by atoms with Gasteiger partial charge in [-0.25, -0.2) is 0 Å². The van der Waals surface area contributed by atoms with Crippen molar-refractivity contribution in [3.8, 4) is 5.69 Å². The van der Waals surface area contributed by atoms with E-state index >= 15 is 0 Å². The van der Waals surface area contributed by atoms with E-state index in [1.807, 2.05) is 26.0 Å². The van der Waals surface area contributed by atoms with Gasteiger partial charge in [-0.05, 0) is 37.1 Å². The normalized spacial score (nSPS) is 10.3. The fraction of sp³-hybridized carbons (Fsp3) is 0.231. The minimum Gasteiger partial charge on any atom is -0.387 e. The molecule has 4 heteroatoms. The van der Waals surface area contributed by atoms with Crippen LogP contribution in [0.4, 0.5) is 5.69 Å². The molecular weight excluding hydrogens is 214 g/mol. The molecule has 0 fully saturated rings. The lowest BCUT2D eigenvalue weighted by atomic mass is 10.1. The van der Waals surface area contributed by atoms with Gasteiger partial charge in [-0.15, -0.1) is 0 Å². The standard InChI is InChI=1S/C13H15N3O/c1-9-4-10(2)6-12(5-9)16-13(17)7-11(14-3)8-15-16/h4-8,14H,1-3H3. The van der Waals surface area contributed by atoms with Crippen molar-refractivity contribution < 1.29 is 0 Å². The molecule has 2 aromatic rings. The average molecular weight is 229 g/mol. The number of anilines is 1. The molecule has 4 nitrogen and oxygen atoms in total. The third-order valence-electron chi connectivity index (χ3n) is 2.54. The van der Waals surface area contributed by atoms with Crippen molar-refractivity contribution in [1.82, 2.24) is 9.78 Å². The second-order valence-electron chi connectivity index (χ2n) is 4.09. The second-order valence-corrected chi connectivity index (χ2v) is 4.09. The Morgan fingerprint density at radius 2 is 1.76 bits per heavy atom. The van der Waals surface area contributed by atoms with Crippen molar-refractivity contribution in [2.45, 2.75) is 13.8 Å². The number of benzene rings is 1. The van der Waals surface area contributed by atoms with Gasteiger partial charge in [0.1, 0.15) is 0 Å². The largest absolute Gasteiger partial charge is 0.387 e. The number of hydrogen-bond donors (Lipinski definition) is 1. The molecule has 0 saturated heterocycles. The van der Waals surface area contributed by atoms with Gasteiger partial charge in [0.05, 0.1) is 17.6 Å². The van der Waals surface area contributed by atoms with Crippen LogP contribution in [0.25, 0.3) is 5.69 Å². The maximum absolute atomic E-state index is 11.9. The van der Waals surface area contributed by atoms with Crippen LogP contribution in [0.2, 0.25) is 0 Å². The van der Waals surface area contributed by atoms with E-state index in [2.05, 4.69) is 16.5 Å². The van der Waals surface area contributed by atoms with Crippen molar-refractivity contribution in [3.05, 3.63) is 51.9 Å². The van der Waals surface area contributed by atoms with Gasteiger partial charge in [-0.1, -0.05) is 6.07 Å². The average Bonchev–Trinajstić information content (AvgIpc) is 2.27. The zero-order chi connectivity index (χ0) is 12.4. The predicted octanol–water partition coefficient (Wildman–Crippen LogP) is 1.89. The summed E-state index contributed by atoms with van der Waals surface area (Å²) in [5, 5.41) is 7.04. The van der Waals surface area contributed by atoms with Crippen LogP contribution in [0.3, 0.4) is 0 Å². The third kappa shape index (κ3) is 2.36. The summed E-state index contributed by atoms with van der Waals surface area (Å²) in [4.78, 5) is 11.9. The number of rotatable bonds is 2. The van der Waals surface area contributed by atoms with Crippen LogP contribution in [0.5, 0.6) is 0 Å². The Morgan fingerprint density at radius 3 is 2.29 bits per heavy atom. The van der Waals surface area contributed by atoms with Gasteiger partial charge in [0.25, 0.3) is 5.56 Å². The van der Waals surface area contributed by atoms with Crippen molar-refractivity contribution in [1.29, 1.82) is 0 Å². The van der Waals surface area contributed by atoms with Gasteiger partial charge < -0.3 is 5.32 Å². The molecule has 0 atom stereocenters. The zero-order valence-electron chi connectivity index (χ0n) is 10.2. The Balaban J connectivity index is 2.57. The Morgan fingerprint density at radius 1 is 1.12 bits per heavy atom. The minimum atomic E-state index is -0.137. The Labute approximate surface area is 99.9 Å². The molecule has 0 saturated carbocycles. The number of nitrogens with one attached hydrogen (secondary N) is 1. The summed E-state index contributed by atoms with van der Waals surface area (Å²) in [5.74, 6) is 0. The molecule has 17 heavy (non-hydrogen) atoms. The lowest BCUT2D eigenvalue weighted by Gasteiger charge is -2.07. The quantitative estimate of drug-likeness (QED) is 0.855. The zero-order valence-corrected chi connectivity index (χ0v) is 10.2. The lowest BCUT2D eigenvalue weighted by Crippen LogP contribution is -2.20. The van der Waals surface area contributed by atoms with E-state index in [0.29, 0.717) is 0 Å². The summed E-state index contributed by atoms with van der Waals surface area (Å²) in [6.07, 6.45) is 1.64. The van der Waals surface area contributed by atoms with Gasteiger partial charge in [0.2, 0.25) is 0 Å². The SMILES string of the molecule is CNc1cnn(-c2cc(C)cc(C)c2)c(=O)c1. The fourth-order valence-electron chi connectivity index (χ4n) is 1.81. The molecule has 0 unspecified atom stereocenters. The molecule has 0 aliphatic rings. The second kappa shape index (κ2) is 4.41. The summed E-state index contributed by atoms with van der Waals surface area (Å²) in [6, 6.07) is 7.49. The number of aryl methyl sites for hydroxylation is 2. The van der Waals surface area contributed by atoms with Crippen LogP contribution in [0.1, 0.15) is 11.1 Å². The smallest absolute Gasteiger partial charge is 0.273 e. The lowest BCUT2D eigenvalue weighted by molar-refractivity contribution is 0.806. The highest BCUT2D eigenvalue weighted by molar-refractivity contribution is 5.42. The van der Waals surface area contributed by atoms with Gasteiger partial charge in [-0.3, -0.25) is 4.79 Å². The summed E-state index contributed by atoms with van der Waals surface area (Å²) in [6.45, 7) is 4.01. The highest BCUT2D eigenvalue weighted by Crippen LogP contribution is 2.11. The molecule has 0 aliphatic heterocycles. The highest BCUT2D eigenvalue weighted by Gasteiger charge is 2.03. The fourth-order valence-corrected chi connectivity index (χ4v) is 1.81. The molecule has 1 aromatic heterocycles. The monoisotopic (exact) mass is 229 g/mol.